The molecule has 0 radical (unpaired) electrons. The molecule has 3 atom stereocenters. The number of hydrogen-bond donors (Lipinski definition) is 1. The Labute approximate surface area is 184 Å². The second-order valence-electron chi connectivity index (χ2n) is 8.24. The van der Waals surface area contributed by atoms with Crippen LogP contribution in [-0.2, 0) is 25.5 Å². The first-order valence-corrected chi connectivity index (χ1v) is 10.6. The minimum absolute atomic E-state index is 0.259. The van der Waals surface area contributed by atoms with Crippen molar-refractivity contribution in [3.63, 3.8) is 0 Å². The SMILES string of the molecule is N#Cc1cccc(CN2C[C@H](OCC3CCOCC3)[C@H]3COC[C@H]32)c1.O=C(O)C(F)(F)F. The van der Waals surface area contributed by atoms with Crippen LogP contribution in [0.15, 0.2) is 24.3 Å². The maximum Gasteiger partial charge on any atom is 0.490 e. The van der Waals surface area contributed by atoms with E-state index in [-0.39, 0.29) is 6.10 Å². The highest BCUT2D eigenvalue weighted by Gasteiger charge is 2.46. The van der Waals surface area contributed by atoms with E-state index in [1.54, 1.807) is 0 Å². The van der Waals surface area contributed by atoms with Crippen molar-refractivity contribution in [2.45, 2.75) is 37.7 Å². The summed E-state index contributed by atoms with van der Waals surface area (Å²) < 4.78 is 49.3. The summed E-state index contributed by atoms with van der Waals surface area (Å²) in [6.45, 7) is 5.99. The first kappa shape index (κ1) is 24.5. The fourth-order valence-corrected chi connectivity index (χ4v) is 4.30. The van der Waals surface area contributed by atoms with Gasteiger partial charge >= 0.3 is 12.1 Å². The predicted octanol–water partition coefficient (Wildman–Crippen LogP) is 2.83. The number of ether oxygens (including phenoxy) is 3. The minimum Gasteiger partial charge on any atom is -0.475 e. The van der Waals surface area contributed by atoms with Gasteiger partial charge in [0.25, 0.3) is 0 Å². The molecule has 0 amide bonds. The Hall–Kier alpha value is -2.19. The number of likely N-dealkylation sites (tertiary alicyclic amines) is 1. The number of aliphatic carboxylic acids is 1. The largest absolute Gasteiger partial charge is 0.490 e. The number of rotatable bonds is 5. The van der Waals surface area contributed by atoms with Crippen LogP contribution >= 0.6 is 0 Å². The van der Waals surface area contributed by atoms with Gasteiger partial charge in [0.2, 0.25) is 0 Å². The Morgan fingerprint density at radius 2 is 1.97 bits per heavy atom. The van der Waals surface area contributed by atoms with Crippen molar-refractivity contribution < 1.29 is 37.3 Å². The van der Waals surface area contributed by atoms with E-state index in [2.05, 4.69) is 17.0 Å². The second kappa shape index (κ2) is 11.1. The molecule has 176 valence electrons. The summed E-state index contributed by atoms with van der Waals surface area (Å²) in [7, 11) is 0. The molecule has 4 rings (SSSR count). The summed E-state index contributed by atoms with van der Waals surface area (Å²) in [4.78, 5) is 11.4. The van der Waals surface area contributed by atoms with Gasteiger partial charge in [-0.3, -0.25) is 4.90 Å². The molecule has 1 aromatic rings. The van der Waals surface area contributed by atoms with Crippen molar-refractivity contribution >= 4 is 5.97 Å². The number of carbonyl (C=O) groups is 1. The number of carboxylic acid groups (broad SMARTS) is 1. The Kier molecular flexibility index (Phi) is 8.48. The van der Waals surface area contributed by atoms with Gasteiger partial charge in [-0.05, 0) is 36.5 Å². The Morgan fingerprint density at radius 3 is 2.62 bits per heavy atom. The standard InChI is InChI=1S/C20H26N2O3.C2HF3O2/c21-9-16-2-1-3-17(8-16)10-22-11-20(18-13-24-14-19(18)22)25-12-15-4-6-23-7-5-15;3-2(4,5)1(6)7/h1-3,8,15,18-20H,4-7,10-14H2;(H,6,7)/t18-,19+,20-;/m0./s1. The zero-order valence-corrected chi connectivity index (χ0v) is 17.6. The molecule has 7 nitrogen and oxygen atoms in total. The van der Waals surface area contributed by atoms with E-state index in [1.807, 2.05) is 18.2 Å². The first-order chi connectivity index (χ1) is 15.3. The van der Waals surface area contributed by atoms with Crippen molar-refractivity contribution in [1.82, 2.24) is 4.90 Å². The monoisotopic (exact) mass is 456 g/mol. The van der Waals surface area contributed by atoms with Crippen molar-refractivity contribution in [2.75, 3.05) is 39.6 Å². The highest BCUT2D eigenvalue weighted by molar-refractivity contribution is 5.73. The molecule has 3 heterocycles. The molecule has 0 aliphatic carbocycles. The number of halogens is 3. The molecule has 0 aromatic heterocycles. The highest BCUT2D eigenvalue weighted by atomic mass is 19.4. The summed E-state index contributed by atoms with van der Waals surface area (Å²) in [6, 6.07) is 10.6. The molecule has 1 aromatic carbocycles. The van der Waals surface area contributed by atoms with E-state index in [9.17, 15) is 13.2 Å². The quantitative estimate of drug-likeness (QED) is 0.729. The molecule has 1 N–H and O–H groups in total. The topological polar surface area (TPSA) is 92.0 Å². The van der Waals surface area contributed by atoms with E-state index >= 15 is 0 Å². The average Bonchev–Trinajstić information content (AvgIpc) is 3.37. The Bertz CT molecular complexity index is 807. The third-order valence-corrected chi connectivity index (χ3v) is 6.03. The Balaban J connectivity index is 0.000000360. The van der Waals surface area contributed by atoms with Crippen LogP contribution in [0, 0.1) is 23.2 Å². The molecular weight excluding hydrogens is 429 g/mol. The van der Waals surface area contributed by atoms with Gasteiger partial charge in [0.05, 0.1) is 37.6 Å². The van der Waals surface area contributed by atoms with Crippen molar-refractivity contribution in [3.8, 4) is 6.07 Å². The van der Waals surface area contributed by atoms with Crippen LogP contribution in [0.5, 0.6) is 0 Å². The molecule has 3 saturated heterocycles. The summed E-state index contributed by atoms with van der Waals surface area (Å²) in [6.07, 6.45) is -2.60. The van der Waals surface area contributed by atoms with Crippen LogP contribution < -0.4 is 0 Å². The summed E-state index contributed by atoms with van der Waals surface area (Å²) in [5.41, 5.74) is 1.91. The lowest BCUT2D eigenvalue weighted by atomic mass is 10.00. The predicted molar refractivity (Wildman–Crippen MR) is 107 cm³/mol. The van der Waals surface area contributed by atoms with E-state index < -0.39 is 12.1 Å². The maximum atomic E-state index is 10.6. The summed E-state index contributed by atoms with van der Waals surface area (Å²) in [5.74, 6) is -1.65. The zero-order chi connectivity index (χ0) is 23.1. The average molecular weight is 456 g/mol. The molecule has 10 heteroatoms. The molecule has 0 saturated carbocycles. The normalized spacial score (nSPS) is 26.1. The first-order valence-electron chi connectivity index (χ1n) is 10.6. The maximum absolute atomic E-state index is 10.6. The van der Waals surface area contributed by atoms with E-state index in [4.69, 9.17) is 29.4 Å². The van der Waals surface area contributed by atoms with Crippen LogP contribution in [-0.4, -0.2) is 73.9 Å². The lowest BCUT2D eigenvalue weighted by Crippen LogP contribution is -2.32. The third kappa shape index (κ3) is 6.65. The molecular formula is C22H27F3N2O5. The van der Waals surface area contributed by atoms with Crippen LogP contribution in [0.4, 0.5) is 13.2 Å². The van der Waals surface area contributed by atoms with Gasteiger partial charge in [0.15, 0.2) is 0 Å². The number of nitriles is 1. The number of hydrogen-bond acceptors (Lipinski definition) is 6. The Morgan fingerprint density at radius 1 is 1.25 bits per heavy atom. The van der Waals surface area contributed by atoms with Crippen molar-refractivity contribution in [3.05, 3.63) is 35.4 Å². The molecule has 32 heavy (non-hydrogen) atoms. The van der Waals surface area contributed by atoms with Gasteiger partial charge in [0, 0.05) is 38.3 Å². The van der Waals surface area contributed by atoms with Gasteiger partial charge in [-0.1, -0.05) is 12.1 Å². The van der Waals surface area contributed by atoms with Gasteiger partial charge in [0.1, 0.15) is 0 Å². The van der Waals surface area contributed by atoms with Crippen LogP contribution in [0.25, 0.3) is 0 Å². The van der Waals surface area contributed by atoms with Crippen LogP contribution in [0.2, 0.25) is 0 Å². The van der Waals surface area contributed by atoms with Crippen LogP contribution in [0.1, 0.15) is 24.0 Å². The van der Waals surface area contributed by atoms with Crippen molar-refractivity contribution in [2.24, 2.45) is 11.8 Å². The molecule has 0 bridgehead atoms. The summed E-state index contributed by atoms with van der Waals surface area (Å²) >= 11 is 0. The van der Waals surface area contributed by atoms with E-state index in [0.29, 0.717) is 17.9 Å². The molecule has 3 aliphatic rings. The fraction of sp³-hybridized carbons (Fsp3) is 0.636. The van der Waals surface area contributed by atoms with Crippen LogP contribution in [0.3, 0.4) is 0 Å². The van der Waals surface area contributed by atoms with Crippen molar-refractivity contribution in [1.29, 1.82) is 5.26 Å². The number of nitrogens with zero attached hydrogens (tertiary/aromatic N) is 2. The lowest BCUT2D eigenvalue weighted by molar-refractivity contribution is -0.192. The third-order valence-electron chi connectivity index (χ3n) is 6.03. The molecule has 0 unspecified atom stereocenters. The number of carboxylic acids is 1. The smallest absolute Gasteiger partial charge is 0.475 e. The minimum atomic E-state index is -5.08. The fourth-order valence-electron chi connectivity index (χ4n) is 4.30. The molecule has 0 spiro atoms. The van der Waals surface area contributed by atoms with Gasteiger partial charge < -0.3 is 19.3 Å². The summed E-state index contributed by atoms with van der Waals surface area (Å²) in [5, 5.41) is 16.2. The number of benzene rings is 1. The second-order valence-corrected chi connectivity index (χ2v) is 8.24. The van der Waals surface area contributed by atoms with E-state index in [0.717, 1.165) is 64.5 Å². The van der Waals surface area contributed by atoms with Gasteiger partial charge in [-0.25, -0.2) is 4.79 Å². The zero-order valence-electron chi connectivity index (χ0n) is 17.6. The molecule has 3 fully saturated rings. The number of alkyl halides is 3. The highest BCUT2D eigenvalue weighted by Crippen LogP contribution is 2.34. The van der Waals surface area contributed by atoms with Gasteiger partial charge in [-0.15, -0.1) is 0 Å². The van der Waals surface area contributed by atoms with Gasteiger partial charge in [-0.2, -0.15) is 18.4 Å². The molecule has 3 aliphatic heterocycles. The van der Waals surface area contributed by atoms with E-state index in [1.165, 1.54) is 5.56 Å². The number of fused-ring (bicyclic) bond motifs is 1. The lowest BCUT2D eigenvalue weighted by Gasteiger charge is -2.25.